The normalized spacial score (nSPS) is 19.8. The van der Waals surface area contributed by atoms with Crippen LogP contribution < -0.4 is 16.4 Å². The van der Waals surface area contributed by atoms with Crippen LogP contribution in [0.15, 0.2) is 12.1 Å². The van der Waals surface area contributed by atoms with Gasteiger partial charge in [0.2, 0.25) is 0 Å². The second-order valence-corrected chi connectivity index (χ2v) is 3.27. The molecule has 1 aromatic rings. The third-order valence-electron chi connectivity index (χ3n) is 2.09. The molecule has 1 unspecified atom stereocenters. The molecule has 12 heavy (non-hydrogen) atoms. The van der Waals surface area contributed by atoms with E-state index < -0.39 is 0 Å². The van der Waals surface area contributed by atoms with Gasteiger partial charge in [0, 0.05) is 0 Å². The molecule has 0 amide bonds. The molecule has 64 valence electrons. The van der Waals surface area contributed by atoms with Crippen molar-refractivity contribution in [3.63, 3.8) is 0 Å². The maximum atomic E-state index is 5.68. The van der Waals surface area contributed by atoms with Gasteiger partial charge in [0.15, 0.2) is 6.29 Å². The van der Waals surface area contributed by atoms with Crippen LogP contribution in [0.5, 0.6) is 0 Å². The summed E-state index contributed by atoms with van der Waals surface area (Å²) in [6.07, 6.45) is -0.138. The Morgan fingerprint density at radius 1 is 1.25 bits per heavy atom. The van der Waals surface area contributed by atoms with E-state index in [1.165, 1.54) is 11.1 Å². The molecule has 3 nitrogen and oxygen atoms in total. The van der Waals surface area contributed by atoms with Crippen LogP contribution in [0.1, 0.15) is 11.1 Å². The molecule has 1 aliphatic heterocycles. The third kappa shape index (κ3) is 1.02. The van der Waals surface area contributed by atoms with E-state index in [1.54, 1.807) is 0 Å². The fourth-order valence-electron chi connectivity index (χ4n) is 1.63. The number of aryl methyl sites for hydroxylation is 2. The Bertz CT molecular complexity index is 320. The van der Waals surface area contributed by atoms with Crippen LogP contribution in [0.25, 0.3) is 0 Å². The second kappa shape index (κ2) is 2.38. The van der Waals surface area contributed by atoms with Crippen molar-refractivity contribution in [3.05, 3.63) is 23.3 Å². The lowest BCUT2D eigenvalue weighted by molar-refractivity contribution is 0.902. The zero-order valence-electron chi connectivity index (χ0n) is 7.31. The van der Waals surface area contributed by atoms with Gasteiger partial charge in [-0.1, -0.05) is 6.07 Å². The van der Waals surface area contributed by atoms with Crippen LogP contribution >= 0.6 is 0 Å². The van der Waals surface area contributed by atoms with E-state index in [2.05, 4.69) is 36.6 Å². The van der Waals surface area contributed by atoms with Crippen molar-refractivity contribution in [2.24, 2.45) is 5.73 Å². The van der Waals surface area contributed by atoms with Gasteiger partial charge < -0.3 is 10.6 Å². The van der Waals surface area contributed by atoms with Gasteiger partial charge in [-0.3, -0.25) is 5.73 Å². The van der Waals surface area contributed by atoms with E-state index in [9.17, 15) is 0 Å². The summed E-state index contributed by atoms with van der Waals surface area (Å²) in [5.41, 5.74) is 10.4. The van der Waals surface area contributed by atoms with Crippen molar-refractivity contribution >= 4 is 11.4 Å². The van der Waals surface area contributed by atoms with Crippen LogP contribution in [-0.4, -0.2) is 6.29 Å². The molecule has 0 fully saturated rings. The lowest BCUT2D eigenvalue weighted by Gasteiger charge is -2.04. The lowest BCUT2D eigenvalue weighted by Crippen LogP contribution is -2.32. The molecule has 0 aromatic heterocycles. The van der Waals surface area contributed by atoms with E-state index in [-0.39, 0.29) is 6.29 Å². The highest BCUT2D eigenvalue weighted by Gasteiger charge is 2.17. The summed E-state index contributed by atoms with van der Waals surface area (Å²) < 4.78 is 0. The molecule has 1 atom stereocenters. The molecule has 4 N–H and O–H groups in total. The highest BCUT2D eigenvalue weighted by Crippen LogP contribution is 2.31. The molecule has 2 rings (SSSR count). The maximum Gasteiger partial charge on any atom is 0.150 e. The molecule has 0 radical (unpaired) electrons. The minimum Gasteiger partial charge on any atom is -0.352 e. The zero-order chi connectivity index (χ0) is 8.72. The van der Waals surface area contributed by atoms with Gasteiger partial charge >= 0.3 is 0 Å². The van der Waals surface area contributed by atoms with Crippen molar-refractivity contribution in [2.75, 3.05) is 10.6 Å². The fourth-order valence-corrected chi connectivity index (χ4v) is 1.63. The third-order valence-corrected chi connectivity index (χ3v) is 2.09. The van der Waals surface area contributed by atoms with E-state index >= 15 is 0 Å². The molecule has 0 aliphatic carbocycles. The van der Waals surface area contributed by atoms with E-state index in [0.717, 1.165) is 11.4 Å². The molecular formula is C9H13N3. The number of benzene rings is 1. The number of anilines is 2. The second-order valence-electron chi connectivity index (χ2n) is 3.27. The number of nitrogens with two attached hydrogens (primary N) is 1. The first-order valence-corrected chi connectivity index (χ1v) is 4.07. The predicted octanol–water partition coefficient (Wildman–Crippen LogP) is 1.38. The lowest BCUT2D eigenvalue weighted by atomic mass is 10.1. The van der Waals surface area contributed by atoms with Crippen LogP contribution in [0, 0.1) is 13.8 Å². The molecule has 0 saturated heterocycles. The van der Waals surface area contributed by atoms with Gasteiger partial charge in [-0.25, -0.2) is 0 Å². The Hall–Kier alpha value is -1.22. The van der Waals surface area contributed by atoms with Gasteiger partial charge in [0.1, 0.15) is 0 Å². The van der Waals surface area contributed by atoms with Gasteiger partial charge in [0.05, 0.1) is 11.4 Å². The van der Waals surface area contributed by atoms with Crippen molar-refractivity contribution in [1.29, 1.82) is 0 Å². The maximum absolute atomic E-state index is 5.68. The summed E-state index contributed by atoms with van der Waals surface area (Å²) in [6.45, 7) is 4.16. The highest BCUT2D eigenvalue weighted by atomic mass is 15.3. The first kappa shape index (κ1) is 7.43. The Labute approximate surface area is 72.0 Å². The topological polar surface area (TPSA) is 50.1 Å². The molecule has 3 heteroatoms. The van der Waals surface area contributed by atoms with Crippen LogP contribution in [-0.2, 0) is 0 Å². The molecule has 1 aliphatic rings. The summed E-state index contributed by atoms with van der Waals surface area (Å²) >= 11 is 0. The summed E-state index contributed by atoms with van der Waals surface area (Å²) in [6, 6.07) is 4.24. The Morgan fingerprint density at radius 2 is 2.00 bits per heavy atom. The van der Waals surface area contributed by atoms with Gasteiger partial charge in [-0.2, -0.15) is 0 Å². The average molecular weight is 163 g/mol. The van der Waals surface area contributed by atoms with Crippen molar-refractivity contribution < 1.29 is 0 Å². The summed E-state index contributed by atoms with van der Waals surface area (Å²) in [4.78, 5) is 0. The summed E-state index contributed by atoms with van der Waals surface area (Å²) in [5.74, 6) is 0. The SMILES string of the molecule is Cc1cc(C)c2c(c1)NC(N)N2. The van der Waals surface area contributed by atoms with Crippen molar-refractivity contribution in [2.45, 2.75) is 20.1 Å². The monoisotopic (exact) mass is 163 g/mol. The smallest absolute Gasteiger partial charge is 0.150 e. The van der Waals surface area contributed by atoms with Gasteiger partial charge in [-0.15, -0.1) is 0 Å². The number of rotatable bonds is 0. The predicted molar refractivity (Wildman–Crippen MR) is 51.1 cm³/mol. The number of fused-ring (bicyclic) bond motifs is 1. The minimum absolute atomic E-state index is 0.138. The van der Waals surface area contributed by atoms with E-state index in [1.807, 2.05) is 0 Å². The van der Waals surface area contributed by atoms with Gasteiger partial charge in [0.25, 0.3) is 0 Å². The largest absolute Gasteiger partial charge is 0.352 e. The quantitative estimate of drug-likeness (QED) is 0.541. The molecule has 0 bridgehead atoms. The molecule has 1 heterocycles. The van der Waals surface area contributed by atoms with E-state index in [4.69, 9.17) is 5.73 Å². The Balaban J connectivity index is 2.52. The standard InChI is InChI=1S/C9H13N3/c1-5-3-6(2)8-7(4-5)11-9(10)12-8/h3-4,9,11-12H,10H2,1-2H3. The van der Waals surface area contributed by atoms with Crippen LogP contribution in [0.3, 0.4) is 0 Å². The van der Waals surface area contributed by atoms with E-state index in [0.29, 0.717) is 0 Å². The van der Waals surface area contributed by atoms with Gasteiger partial charge in [-0.05, 0) is 31.0 Å². The molecular weight excluding hydrogens is 150 g/mol. The van der Waals surface area contributed by atoms with Crippen molar-refractivity contribution in [3.8, 4) is 0 Å². The first-order valence-electron chi connectivity index (χ1n) is 4.07. The average Bonchev–Trinajstić information content (AvgIpc) is 2.29. The Kier molecular flexibility index (Phi) is 1.48. The molecule has 1 aromatic carbocycles. The van der Waals surface area contributed by atoms with Crippen LogP contribution in [0.2, 0.25) is 0 Å². The summed E-state index contributed by atoms with van der Waals surface area (Å²) in [7, 11) is 0. The minimum atomic E-state index is -0.138. The number of nitrogens with one attached hydrogen (secondary N) is 2. The number of hydrogen-bond acceptors (Lipinski definition) is 3. The number of hydrogen-bond donors (Lipinski definition) is 3. The molecule has 0 spiro atoms. The van der Waals surface area contributed by atoms with Crippen molar-refractivity contribution in [1.82, 2.24) is 0 Å². The molecule has 0 saturated carbocycles. The first-order chi connectivity index (χ1) is 5.66. The van der Waals surface area contributed by atoms with Crippen LogP contribution in [0.4, 0.5) is 11.4 Å². The highest BCUT2D eigenvalue weighted by molar-refractivity contribution is 5.78. The Morgan fingerprint density at radius 3 is 2.75 bits per heavy atom. The fraction of sp³-hybridized carbons (Fsp3) is 0.333. The zero-order valence-corrected chi connectivity index (χ0v) is 7.31. The summed E-state index contributed by atoms with van der Waals surface area (Å²) in [5, 5.41) is 6.31.